The predicted molar refractivity (Wildman–Crippen MR) is 115 cm³/mol. The second-order valence-electron chi connectivity index (χ2n) is 7.03. The smallest absolute Gasteiger partial charge is 0.279 e. The summed E-state index contributed by atoms with van der Waals surface area (Å²) in [4.78, 5) is 13.7. The van der Waals surface area contributed by atoms with Crippen molar-refractivity contribution in [1.82, 2.24) is 0 Å². The van der Waals surface area contributed by atoms with Crippen molar-refractivity contribution in [1.29, 1.82) is 0 Å². The highest BCUT2D eigenvalue weighted by molar-refractivity contribution is 7.10. The van der Waals surface area contributed by atoms with Gasteiger partial charge in [0.15, 0.2) is 6.54 Å². The summed E-state index contributed by atoms with van der Waals surface area (Å²) >= 11 is 1.72. The summed E-state index contributed by atoms with van der Waals surface area (Å²) < 4.78 is 5.15. The van der Waals surface area contributed by atoms with Gasteiger partial charge in [-0.15, -0.1) is 11.3 Å². The molecule has 0 aliphatic heterocycles. The van der Waals surface area contributed by atoms with Crippen LogP contribution in [0.1, 0.15) is 41.8 Å². The molecule has 0 bridgehead atoms. The molecule has 4 nitrogen and oxygen atoms in total. The summed E-state index contributed by atoms with van der Waals surface area (Å²) in [5.41, 5.74) is 3.31. The van der Waals surface area contributed by atoms with Gasteiger partial charge in [-0.1, -0.05) is 44.2 Å². The van der Waals surface area contributed by atoms with Crippen molar-refractivity contribution in [2.45, 2.75) is 25.8 Å². The normalized spacial score (nSPS) is 12.0. The molecule has 1 atom stereocenters. The average molecular weight is 396 g/mol. The summed E-state index contributed by atoms with van der Waals surface area (Å²) in [5, 5.41) is 7.12. The first kappa shape index (κ1) is 20.1. The van der Waals surface area contributed by atoms with Crippen LogP contribution in [-0.4, -0.2) is 19.6 Å². The van der Waals surface area contributed by atoms with E-state index in [4.69, 9.17) is 4.74 Å². The maximum atomic E-state index is 12.4. The fourth-order valence-corrected chi connectivity index (χ4v) is 3.93. The number of amides is 1. The number of nitrogens with one attached hydrogen (secondary N) is 1. The van der Waals surface area contributed by atoms with Crippen molar-refractivity contribution in [2.75, 3.05) is 19.0 Å². The van der Waals surface area contributed by atoms with E-state index in [-0.39, 0.29) is 11.9 Å². The molecule has 3 aromatic rings. The monoisotopic (exact) mass is 395 g/mol. The van der Waals surface area contributed by atoms with Gasteiger partial charge >= 0.3 is 0 Å². The lowest BCUT2D eigenvalue weighted by molar-refractivity contribution is -0.675. The molecule has 1 amide bonds. The van der Waals surface area contributed by atoms with Crippen LogP contribution in [0, 0.1) is 0 Å². The third kappa shape index (κ3) is 5.21. The Morgan fingerprint density at radius 1 is 1.04 bits per heavy atom. The quantitative estimate of drug-likeness (QED) is 0.601. The van der Waals surface area contributed by atoms with E-state index in [1.54, 1.807) is 18.4 Å². The van der Waals surface area contributed by atoms with Crippen LogP contribution in [0.4, 0.5) is 5.69 Å². The van der Waals surface area contributed by atoms with Gasteiger partial charge in [0.2, 0.25) is 0 Å². The number of carbonyl (C=O) groups excluding carboxylic acids is 1. The number of hydrogen-bond acceptors (Lipinski definition) is 3. The molecule has 0 saturated heterocycles. The molecule has 2 aromatic carbocycles. The van der Waals surface area contributed by atoms with E-state index < -0.39 is 0 Å². The summed E-state index contributed by atoms with van der Waals surface area (Å²) in [6.07, 6.45) is 0. The third-order valence-electron chi connectivity index (χ3n) is 4.72. The van der Waals surface area contributed by atoms with Gasteiger partial charge in [-0.25, -0.2) is 0 Å². The first-order valence-corrected chi connectivity index (χ1v) is 10.3. The van der Waals surface area contributed by atoms with E-state index >= 15 is 0 Å². The van der Waals surface area contributed by atoms with Crippen LogP contribution in [0.5, 0.6) is 5.75 Å². The number of methoxy groups -OCH3 is 1. The van der Waals surface area contributed by atoms with Gasteiger partial charge in [0.1, 0.15) is 11.8 Å². The molecule has 0 radical (unpaired) electrons. The molecule has 5 heteroatoms. The fraction of sp³-hybridized carbons (Fsp3) is 0.261. The van der Waals surface area contributed by atoms with Gasteiger partial charge in [-0.05, 0) is 47.2 Å². The Balaban J connectivity index is 1.67. The Labute approximate surface area is 170 Å². The minimum absolute atomic E-state index is 0.0227. The summed E-state index contributed by atoms with van der Waals surface area (Å²) in [7, 11) is 1.63. The minimum Gasteiger partial charge on any atom is -0.497 e. The van der Waals surface area contributed by atoms with Crippen molar-refractivity contribution in [3.63, 3.8) is 0 Å². The number of quaternary nitrogens is 1. The molecule has 1 aromatic heterocycles. The molecule has 3 rings (SSSR count). The molecule has 0 saturated carbocycles. The van der Waals surface area contributed by atoms with Crippen LogP contribution in [-0.2, 0) is 4.79 Å². The van der Waals surface area contributed by atoms with Gasteiger partial charge in [-0.2, -0.15) is 0 Å². The Morgan fingerprint density at radius 3 is 2.29 bits per heavy atom. The molecule has 146 valence electrons. The highest BCUT2D eigenvalue weighted by atomic mass is 32.1. The van der Waals surface area contributed by atoms with Crippen LogP contribution in [0.2, 0.25) is 0 Å². The van der Waals surface area contributed by atoms with E-state index in [2.05, 4.69) is 66.3 Å². The number of ether oxygens (including phenoxy) is 1. The molecule has 0 unspecified atom stereocenters. The second kappa shape index (κ2) is 9.53. The molecular formula is C23H27N2O2S+. The van der Waals surface area contributed by atoms with Crippen LogP contribution in [0.15, 0.2) is 66.0 Å². The molecule has 1 heterocycles. The molecule has 0 aliphatic carbocycles. The van der Waals surface area contributed by atoms with Crippen molar-refractivity contribution in [3.8, 4) is 5.75 Å². The standard InChI is InChI=1S/C23H26N2O2S/c1-16(2)17-6-8-18(9-7-17)23(21-5-4-14-28-21)24-15-22(26)25-19-10-12-20(27-3)13-11-19/h4-14,16,23-24H,15H2,1-3H3,(H,25,26)/p+1/t23-/m1/s1. The zero-order valence-corrected chi connectivity index (χ0v) is 17.3. The lowest BCUT2D eigenvalue weighted by Crippen LogP contribution is -2.87. The number of anilines is 1. The zero-order chi connectivity index (χ0) is 19.9. The van der Waals surface area contributed by atoms with Crippen molar-refractivity contribution >= 4 is 22.9 Å². The van der Waals surface area contributed by atoms with E-state index in [1.165, 1.54) is 16.0 Å². The first-order valence-electron chi connectivity index (χ1n) is 9.47. The maximum Gasteiger partial charge on any atom is 0.279 e. The van der Waals surface area contributed by atoms with Crippen LogP contribution in [0.25, 0.3) is 0 Å². The molecule has 0 spiro atoms. The maximum absolute atomic E-state index is 12.4. The predicted octanol–water partition coefficient (Wildman–Crippen LogP) is 4.17. The second-order valence-corrected chi connectivity index (χ2v) is 8.01. The Morgan fingerprint density at radius 2 is 1.71 bits per heavy atom. The number of hydrogen-bond donors (Lipinski definition) is 2. The lowest BCUT2D eigenvalue weighted by atomic mass is 9.98. The molecule has 28 heavy (non-hydrogen) atoms. The number of nitrogens with two attached hydrogens (primary N) is 1. The van der Waals surface area contributed by atoms with E-state index in [9.17, 15) is 4.79 Å². The third-order valence-corrected chi connectivity index (χ3v) is 5.68. The van der Waals surface area contributed by atoms with Gasteiger partial charge in [-0.3, -0.25) is 4.79 Å². The van der Waals surface area contributed by atoms with Gasteiger partial charge in [0, 0.05) is 11.3 Å². The van der Waals surface area contributed by atoms with Crippen LogP contribution >= 0.6 is 11.3 Å². The SMILES string of the molecule is COc1ccc(NC(=O)C[NH2+][C@H](c2ccc(C(C)C)cc2)c2cccs2)cc1. The minimum atomic E-state index is -0.0227. The Hall–Kier alpha value is -2.63. The molecular weight excluding hydrogens is 368 g/mol. The first-order chi connectivity index (χ1) is 13.6. The Kier molecular flexibility index (Phi) is 6.85. The van der Waals surface area contributed by atoms with Crippen molar-refractivity contribution in [2.24, 2.45) is 0 Å². The summed E-state index contributed by atoms with van der Waals surface area (Å²) in [5.74, 6) is 1.26. The molecule has 0 aliphatic rings. The Bertz CT molecular complexity index is 872. The summed E-state index contributed by atoms with van der Waals surface area (Å²) in [6.45, 7) is 4.74. The van der Waals surface area contributed by atoms with Gasteiger partial charge in [0.25, 0.3) is 5.91 Å². The number of carbonyl (C=O) groups is 1. The van der Waals surface area contributed by atoms with E-state index in [0.717, 1.165) is 11.4 Å². The van der Waals surface area contributed by atoms with Crippen LogP contribution in [0.3, 0.4) is 0 Å². The van der Waals surface area contributed by atoms with Crippen molar-refractivity contribution < 1.29 is 14.8 Å². The number of thiophene rings is 1. The number of rotatable bonds is 8. The lowest BCUT2D eigenvalue weighted by Gasteiger charge is -2.16. The van der Waals surface area contributed by atoms with Gasteiger partial charge < -0.3 is 15.4 Å². The highest BCUT2D eigenvalue weighted by Crippen LogP contribution is 2.24. The average Bonchev–Trinajstić information content (AvgIpc) is 3.23. The van der Waals surface area contributed by atoms with Crippen molar-refractivity contribution in [3.05, 3.63) is 82.0 Å². The largest absolute Gasteiger partial charge is 0.497 e. The van der Waals surface area contributed by atoms with E-state index in [0.29, 0.717) is 12.5 Å². The zero-order valence-electron chi connectivity index (χ0n) is 16.5. The molecule has 3 N–H and O–H groups in total. The summed E-state index contributed by atoms with van der Waals surface area (Å²) in [6, 6.07) is 20.4. The topological polar surface area (TPSA) is 54.9 Å². The number of benzene rings is 2. The molecule has 0 fully saturated rings. The fourth-order valence-electron chi connectivity index (χ4n) is 3.08. The van der Waals surface area contributed by atoms with Crippen LogP contribution < -0.4 is 15.4 Å². The van der Waals surface area contributed by atoms with Gasteiger partial charge in [0.05, 0.1) is 12.0 Å². The highest BCUT2D eigenvalue weighted by Gasteiger charge is 2.20. The van der Waals surface area contributed by atoms with E-state index in [1.807, 2.05) is 24.3 Å².